The SMILES string of the molecule is Cc1cc(O)cc(O)c1C=NNC(=O)COc1ccccc1Cl. The van der Waals surface area contributed by atoms with E-state index in [4.69, 9.17) is 16.3 Å². The molecule has 0 heterocycles. The molecule has 0 saturated heterocycles. The second-order valence-corrected chi connectivity index (χ2v) is 5.11. The fourth-order valence-electron chi connectivity index (χ4n) is 1.84. The number of para-hydroxylation sites is 1. The van der Waals surface area contributed by atoms with Crippen molar-refractivity contribution in [3.8, 4) is 17.2 Å². The van der Waals surface area contributed by atoms with Crippen molar-refractivity contribution < 1.29 is 19.7 Å². The molecular weight excluding hydrogens is 320 g/mol. The van der Waals surface area contributed by atoms with E-state index in [1.54, 1.807) is 31.2 Å². The number of rotatable bonds is 5. The van der Waals surface area contributed by atoms with Crippen LogP contribution in [0, 0.1) is 6.92 Å². The lowest BCUT2D eigenvalue weighted by Gasteiger charge is -2.07. The summed E-state index contributed by atoms with van der Waals surface area (Å²) >= 11 is 5.91. The van der Waals surface area contributed by atoms with Crippen LogP contribution in [0.2, 0.25) is 5.02 Å². The van der Waals surface area contributed by atoms with Gasteiger partial charge in [0.15, 0.2) is 6.61 Å². The van der Waals surface area contributed by atoms with Crippen LogP contribution in [0.4, 0.5) is 0 Å². The Kier molecular flexibility index (Phi) is 5.43. The number of benzene rings is 2. The van der Waals surface area contributed by atoms with Crippen LogP contribution in [0.25, 0.3) is 0 Å². The number of carbonyl (C=O) groups excluding carboxylic acids is 1. The van der Waals surface area contributed by atoms with Crippen LogP contribution in [0.3, 0.4) is 0 Å². The predicted octanol–water partition coefficient (Wildman–Crippen LogP) is 2.59. The molecule has 0 aliphatic heterocycles. The van der Waals surface area contributed by atoms with E-state index >= 15 is 0 Å². The van der Waals surface area contributed by atoms with Crippen molar-refractivity contribution in [2.45, 2.75) is 6.92 Å². The molecule has 23 heavy (non-hydrogen) atoms. The number of phenols is 2. The number of halogens is 1. The van der Waals surface area contributed by atoms with E-state index in [-0.39, 0.29) is 18.1 Å². The van der Waals surface area contributed by atoms with Crippen LogP contribution in [0.5, 0.6) is 17.2 Å². The molecule has 7 heteroatoms. The first-order valence-corrected chi connectivity index (χ1v) is 7.07. The second kappa shape index (κ2) is 7.51. The van der Waals surface area contributed by atoms with Crippen LogP contribution < -0.4 is 10.2 Å². The number of hydrazone groups is 1. The lowest BCUT2D eigenvalue weighted by Crippen LogP contribution is -2.24. The molecule has 2 aromatic rings. The molecule has 6 nitrogen and oxygen atoms in total. The zero-order chi connectivity index (χ0) is 16.8. The molecule has 0 fully saturated rings. The largest absolute Gasteiger partial charge is 0.508 e. The van der Waals surface area contributed by atoms with Gasteiger partial charge in [-0.1, -0.05) is 23.7 Å². The van der Waals surface area contributed by atoms with Crippen molar-refractivity contribution in [2.75, 3.05) is 6.61 Å². The molecular formula is C16H15ClN2O4. The van der Waals surface area contributed by atoms with E-state index in [1.165, 1.54) is 18.3 Å². The maximum atomic E-state index is 11.6. The molecule has 120 valence electrons. The number of amides is 1. The standard InChI is InChI=1S/C16H15ClN2O4/c1-10-6-11(20)7-14(21)12(10)8-18-19-16(22)9-23-15-5-3-2-4-13(15)17/h2-8,20-21H,9H2,1H3,(H,19,22). The number of nitrogens with zero attached hydrogens (tertiary/aromatic N) is 1. The summed E-state index contributed by atoms with van der Waals surface area (Å²) in [6.07, 6.45) is 1.29. The molecule has 2 aromatic carbocycles. The van der Waals surface area contributed by atoms with Crippen LogP contribution in [0.15, 0.2) is 41.5 Å². The Morgan fingerprint density at radius 2 is 2.09 bits per heavy atom. The topological polar surface area (TPSA) is 91.1 Å². The summed E-state index contributed by atoms with van der Waals surface area (Å²) in [5.74, 6) is -0.250. The van der Waals surface area contributed by atoms with Gasteiger partial charge in [0, 0.05) is 11.6 Å². The molecule has 0 aliphatic carbocycles. The minimum Gasteiger partial charge on any atom is -0.508 e. The average molecular weight is 335 g/mol. The van der Waals surface area contributed by atoms with Gasteiger partial charge in [0.1, 0.15) is 17.2 Å². The first-order chi connectivity index (χ1) is 11.0. The highest BCUT2D eigenvalue weighted by atomic mass is 35.5. The van der Waals surface area contributed by atoms with Crippen molar-refractivity contribution in [3.63, 3.8) is 0 Å². The Labute approximate surface area is 138 Å². The molecule has 0 saturated carbocycles. The Balaban J connectivity index is 1.91. The molecule has 0 spiro atoms. The lowest BCUT2D eigenvalue weighted by molar-refractivity contribution is -0.123. The number of hydrogen-bond acceptors (Lipinski definition) is 5. The predicted molar refractivity (Wildman–Crippen MR) is 87.2 cm³/mol. The van der Waals surface area contributed by atoms with Crippen molar-refractivity contribution >= 4 is 23.7 Å². The minimum atomic E-state index is -0.475. The van der Waals surface area contributed by atoms with Crippen molar-refractivity contribution in [3.05, 3.63) is 52.5 Å². The van der Waals surface area contributed by atoms with E-state index in [0.717, 1.165) is 0 Å². The van der Waals surface area contributed by atoms with Crippen LogP contribution in [-0.4, -0.2) is 28.9 Å². The van der Waals surface area contributed by atoms with Crippen LogP contribution in [0.1, 0.15) is 11.1 Å². The van der Waals surface area contributed by atoms with Gasteiger partial charge in [-0.2, -0.15) is 5.10 Å². The van der Waals surface area contributed by atoms with E-state index in [2.05, 4.69) is 10.5 Å². The van der Waals surface area contributed by atoms with Gasteiger partial charge in [-0.05, 0) is 30.7 Å². The van der Waals surface area contributed by atoms with E-state index < -0.39 is 5.91 Å². The highest BCUT2D eigenvalue weighted by molar-refractivity contribution is 6.32. The van der Waals surface area contributed by atoms with Crippen LogP contribution in [-0.2, 0) is 4.79 Å². The molecule has 0 radical (unpaired) electrons. The summed E-state index contributed by atoms with van der Waals surface area (Å²) in [4.78, 5) is 11.6. The van der Waals surface area contributed by atoms with Gasteiger partial charge in [-0.15, -0.1) is 0 Å². The molecule has 2 rings (SSSR count). The quantitative estimate of drug-likeness (QED) is 0.579. The summed E-state index contributed by atoms with van der Waals surface area (Å²) in [5, 5.41) is 23.2. The number of hydrogen-bond donors (Lipinski definition) is 3. The Bertz CT molecular complexity index is 724. The number of aryl methyl sites for hydroxylation is 1. The van der Waals surface area contributed by atoms with Gasteiger partial charge >= 0.3 is 0 Å². The van der Waals surface area contributed by atoms with Crippen molar-refractivity contribution in [2.24, 2.45) is 5.10 Å². The van der Waals surface area contributed by atoms with Gasteiger partial charge in [0.05, 0.1) is 11.2 Å². The number of carbonyl (C=O) groups is 1. The summed E-state index contributed by atoms with van der Waals surface area (Å²) in [6, 6.07) is 9.47. The highest BCUT2D eigenvalue weighted by Crippen LogP contribution is 2.25. The van der Waals surface area contributed by atoms with Gasteiger partial charge in [-0.25, -0.2) is 5.43 Å². The third-order valence-electron chi connectivity index (χ3n) is 2.93. The monoisotopic (exact) mass is 334 g/mol. The molecule has 0 aliphatic rings. The van der Waals surface area contributed by atoms with Crippen LogP contribution >= 0.6 is 11.6 Å². The number of nitrogens with one attached hydrogen (secondary N) is 1. The third-order valence-corrected chi connectivity index (χ3v) is 3.24. The molecule has 0 aromatic heterocycles. The first-order valence-electron chi connectivity index (χ1n) is 6.69. The Hall–Kier alpha value is -2.73. The first kappa shape index (κ1) is 16.6. The second-order valence-electron chi connectivity index (χ2n) is 4.71. The van der Waals surface area contributed by atoms with E-state index in [1.807, 2.05) is 0 Å². The van der Waals surface area contributed by atoms with Gasteiger partial charge in [-0.3, -0.25) is 4.79 Å². The smallest absolute Gasteiger partial charge is 0.277 e. The summed E-state index contributed by atoms with van der Waals surface area (Å²) < 4.78 is 5.26. The van der Waals surface area contributed by atoms with Crippen molar-refractivity contribution in [1.82, 2.24) is 5.43 Å². The van der Waals surface area contributed by atoms with Gasteiger partial charge in [0.25, 0.3) is 5.91 Å². The van der Waals surface area contributed by atoms with Crippen molar-refractivity contribution in [1.29, 1.82) is 0 Å². The molecule has 0 atom stereocenters. The summed E-state index contributed by atoms with van der Waals surface area (Å²) in [7, 11) is 0. The van der Waals surface area contributed by atoms with E-state index in [9.17, 15) is 15.0 Å². The summed E-state index contributed by atoms with van der Waals surface area (Å²) in [5.41, 5.74) is 3.30. The molecule has 0 unspecified atom stereocenters. The fourth-order valence-corrected chi connectivity index (χ4v) is 2.03. The third kappa shape index (κ3) is 4.62. The molecule has 3 N–H and O–H groups in total. The molecule has 1 amide bonds. The zero-order valence-electron chi connectivity index (χ0n) is 12.3. The van der Waals surface area contributed by atoms with Gasteiger partial charge < -0.3 is 14.9 Å². The normalized spacial score (nSPS) is 10.7. The maximum absolute atomic E-state index is 11.6. The minimum absolute atomic E-state index is 0.0469. The Morgan fingerprint density at radius 1 is 1.35 bits per heavy atom. The fraction of sp³-hybridized carbons (Fsp3) is 0.125. The van der Waals surface area contributed by atoms with Gasteiger partial charge in [0.2, 0.25) is 0 Å². The maximum Gasteiger partial charge on any atom is 0.277 e. The molecule has 0 bridgehead atoms. The number of ether oxygens (including phenoxy) is 1. The zero-order valence-corrected chi connectivity index (χ0v) is 13.0. The number of phenolic OH excluding ortho intramolecular Hbond substituents is 2. The Morgan fingerprint density at radius 3 is 2.78 bits per heavy atom. The van der Waals surface area contributed by atoms with E-state index in [0.29, 0.717) is 21.9 Å². The lowest BCUT2D eigenvalue weighted by atomic mass is 10.1. The average Bonchev–Trinajstić information content (AvgIpc) is 2.49. The number of aromatic hydroxyl groups is 2. The summed E-state index contributed by atoms with van der Waals surface area (Å²) in [6.45, 7) is 1.45. The highest BCUT2D eigenvalue weighted by Gasteiger charge is 2.06.